The quantitative estimate of drug-likeness (QED) is 0.731. The Hall–Kier alpha value is -2.51. The molecule has 2 fully saturated rings. The number of carbonyl (C=O) groups excluding carboxylic acids is 1. The van der Waals surface area contributed by atoms with Gasteiger partial charge in [0.15, 0.2) is 0 Å². The van der Waals surface area contributed by atoms with E-state index >= 15 is 0 Å². The van der Waals surface area contributed by atoms with Crippen LogP contribution in [0.2, 0.25) is 5.02 Å². The summed E-state index contributed by atoms with van der Waals surface area (Å²) < 4.78 is 6.22. The molecular weight excluding hydrogens is 372 g/mol. The maximum atomic E-state index is 13.1. The van der Waals surface area contributed by atoms with Gasteiger partial charge in [-0.2, -0.15) is 5.26 Å². The number of ether oxygens (including phenoxy) is 1. The number of halogens is 1. The third-order valence-electron chi connectivity index (χ3n) is 5.93. The van der Waals surface area contributed by atoms with Gasteiger partial charge in [-0.25, -0.2) is 0 Å². The van der Waals surface area contributed by atoms with Crippen molar-refractivity contribution in [1.82, 2.24) is 4.90 Å². The van der Waals surface area contributed by atoms with Gasteiger partial charge in [-0.15, -0.1) is 0 Å². The first kappa shape index (κ1) is 18.8. The largest absolute Gasteiger partial charge is 0.488 e. The second-order valence-electron chi connectivity index (χ2n) is 7.97. The van der Waals surface area contributed by atoms with Crippen molar-refractivity contribution in [3.8, 4) is 11.8 Å². The standard InChI is InChI=1S/C23H23ClN2O2/c1-14(2)15-3-5-16(6-4-15)23(27)26-13-18-8-10-21(26)22(18)28-19-9-7-17(12-25)20(24)11-19/h3-7,9,11,14,18,21-22H,8,10,13H2,1-2H3. The molecule has 2 bridgehead atoms. The molecule has 3 unspecified atom stereocenters. The lowest BCUT2D eigenvalue weighted by Gasteiger charge is -2.27. The van der Waals surface area contributed by atoms with Crippen molar-refractivity contribution >= 4 is 17.5 Å². The molecule has 4 nitrogen and oxygen atoms in total. The number of nitriles is 1. The Morgan fingerprint density at radius 3 is 2.61 bits per heavy atom. The fourth-order valence-electron chi connectivity index (χ4n) is 4.35. The van der Waals surface area contributed by atoms with Gasteiger partial charge in [0.25, 0.3) is 5.91 Å². The van der Waals surface area contributed by atoms with Crippen molar-refractivity contribution in [1.29, 1.82) is 5.26 Å². The molecular formula is C23H23ClN2O2. The van der Waals surface area contributed by atoms with Crippen molar-refractivity contribution in [2.45, 2.75) is 44.8 Å². The lowest BCUT2D eigenvalue weighted by molar-refractivity contribution is 0.0667. The molecule has 144 valence electrons. The van der Waals surface area contributed by atoms with E-state index in [1.807, 2.05) is 29.2 Å². The number of piperidine rings is 1. The van der Waals surface area contributed by atoms with Gasteiger partial charge in [-0.3, -0.25) is 4.79 Å². The molecule has 1 saturated carbocycles. The molecule has 1 amide bonds. The molecule has 28 heavy (non-hydrogen) atoms. The minimum absolute atomic E-state index is 0.0251. The van der Waals surface area contributed by atoms with Crippen LogP contribution in [0.4, 0.5) is 0 Å². The molecule has 1 aliphatic carbocycles. The topological polar surface area (TPSA) is 53.3 Å². The SMILES string of the molecule is CC(C)c1ccc(C(=O)N2CC3CCC2C3Oc2ccc(C#N)c(Cl)c2)cc1. The molecule has 0 N–H and O–H groups in total. The number of benzene rings is 2. The van der Waals surface area contributed by atoms with Gasteiger partial charge in [0, 0.05) is 24.1 Å². The lowest BCUT2D eigenvalue weighted by atomic mass is 10.0. The van der Waals surface area contributed by atoms with E-state index < -0.39 is 0 Å². The molecule has 2 aromatic rings. The van der Waals surface area contributed by atoms with E-state index in [4.69, 9.17) is 21.6 Å². The first-order chi connectivity index (χ1) is 13.5. The second kappa shape index (κ2) is 7.48. The Bertz CT molecular complexity index is 933. The van der Waals surface area contributed by atoms with Gasteiger partial charge in [-0.1, -0.05) is 37.6 Å². The summed E-state index contributed by atoms with van der Waals surface area (Å²) in [6, 6.07) is 15.2. The normalized spacial score (nSPS) is 23.1. The van der Waals surface area contributed by atoms with Crippen LogP contribution in [0.3, 0.4) is 0 Å². The van der Waals surface area contributed by atoms with E-state index in [0.717, 1.165) is 24.9 Å². The van der Waals surface area contributed by atoms with E-state index in [2.05, 4.69) is 19.9 Å². The van der Waals surface area contributed by atoms with Crippen molar-refractivity contribution in [3.63, 3.8) is 0 Å². The van der Waals surface area contributed by atoms with Crippen LogP contribution >= 0.6 is 11.6 Å². The summed E-state index contributed by atoms with van der Waals surface area (Å²) in [5.74, 6) is 1.51. The zero-order chi connectivity index (χ0) is 19.8. The summed E-state index contributed by atoms with van der Waals surface area (Å²) in [4.78, 5) is 15.0. The molecule has 2 aliphatic rings. The van der Waals surface area contributed by atoms with Gasteiger partial charge in [-0.05, 0) is 48.6 Å². The second-order valence-corrected chi connectivity index (χ2v) is 8.38. The predicted octanol–water partition coefficient (Wildman–Crippen LogP) is 5.02. The molecule has 1 aliphatic heterocycles. The highest BCUT2D eigenvalue weighted by Crippen LogP contribution is 2.41. The number of amides is 1. The van der Waals surface area contributed by atoms with E-state index in [9.17, 15) is 4.79 Å². The molecule has 1 saturated heterocycles. The van der Waals surface area contributed by atoms with Crippen LogP contribution in [0.25, 0.3) is 0 Å². The summed E-state index contributed by atoms with van der Waals surface area (Å²) >= 11 is 6.13. The van der Waals surface area contributed by atoms with E-state index in [1.54, 1.807) is 18.2 Å². The highest BCUT2D eigenvalue weighted by Gasteiger charge is 2.50. The maximum absolute atomic E-state index is 13.1. The molecule has 5 heteroatoms. The van der Waals surface area contributed by atoms with Gasteiger partial charge >= 0.3 is 0 Å². The Kier molecular flexibility index (Phi) is 5.03. The summed E-state index contributed by atoms with van der Waals surface area (Å²) in [6.07, 6.45) is 1.99. The molecule has 0 radical (unpaired) electrons. The van der Waals surface area contributed by atoms with E-state index in [1.165, 1.54) is 5.56 Å². The highest BCUT2D eigenvalue weighted by molar-refractivity contribution is 6.31. The number of fused-ring (bicyclic) bond motifs is 2. The average Bonchev–Trinajstić information content (AvgIpc) is 3.24. The number of carbonyl (C=O) groups is 1. The minimum atomic E-state index is -0.0251. The van der Waals surface area contributed by atoms with E-state index in [0.29, 0.717) is 28.2 Å². The van der Waals surface area contributed by atoms with Gasteiger partial charge in [0.2, 0.25) is 0 Å². The summed E-state index contributed by atoms with van der Waals surface area (Å²) in [5, 5.41) is 9.41. The fraction of sp³-hybridized carbons (Fsp3) is 0.391. The third-order valence-corrected chi connectivity index (χ3v) is 6.24. The fourth-order valence-corrected chi connectivity index (χ4v) is 4.56. The molecule has 2 aromatic carbocycles. The van der Waals surface area contributed by atoms with Crippen LogP contribution < -0.4 is 4.74 Å². The zero-order valence-corrected chi connectivity index (χ0v) is 16.8. The monoisotopic (exact) mass is 394 g/mol. The first-order valence-corrected chi connectivity index (χ1v) is 10.1. The van der Waals surface area contributed by atoms with Gasteiger partial charge < -0.3 is 9.64 Å². The first-order valence-electron chi connectivity index (χ1n) is 9.75. The number of hydrogen-bond acceptors (Lipinski definition) is 3. The van der Waals surface area contributed by atoms with Crippen molar-refractivity contribution in [2.75, 3.05) is 6.54 Å². The van der Waals surface area contributed by atoms with Crippen LogP contribution in [0.15, 0.2) is 42.5 Å². The van der Waals surface area contributed by atoms with Crippen molar-refractivity contribution in [2.24, 2.45) is 5.92 Å². The summed E-state index contributed by atoms with van der Waals surface area (Å²) in [7, 11) is 0. The average molecular weight is 395 g/mol. The van der Waals surface area contributed by atoms with E-state index in [-0.39, 0.29) is 18.1 Å². The summed E-state index contributed by atoms with van der Waals surface area (Å²) in [6.45, 7) is 5.02. The van der Waals surface area contributed by atoms with Crippen molar-refractivity contribution in [3.05, 3.63) is 64.2 Å². The molecule has 0 spiro atoms. The van der Waals surface area contributed by atoms with Gasteiger partial charge in [0.05, 0.1) is 16.6 Å². The Morgan fingerprint density at radius 1 is 1.21 bits per heavy atom. The summed E-state index contributed by atoms with van der Waals surface area (Å²) in [5.41, 5.74) is 2.40. The smallest absolute Gasteiger partial charge is 0.254 e. The van der Waals surface area contributed by atoms with Crippen LogP contribution in [0.1, 0.15) is 54.1 Å². The number of likely N-dealkylation sites (tertiary alicyclic amines) is 1. The highest BCUT2D eigenvalue weighted by atomic mass is 35.5. The van der Waals surface area contributed by atoms with Gasteiger partial charge in [0.1, 0.15) is 17.9 Å². The number of hydrogen-bond donors (Lipinski definition) is 0. The molecule has 1 heterocycles. The minimum Gasteiger partial charge on any atom is -0.488 e. The zero-order valence-electron chi connectivity index (χ0n) is 16.1. The Morgan fingerprint density at radius 2 is 1.96 bits per heavy atom. The molecule has 4 rings (SSSR count). The van der Waals surface area contributed by atoms with Crippen LogP contribution in [-0.4, -0.2) is 29.5 Å². The number of rotatable bonds is 4. The third kappa shape index (κ3) is 3.36. The molecule has 0 aromatic heterocycles. The van der Waals surface area contributed by atoms with Crippen LogP contribution in [0, 0.1) is 17.2 Å². The van der Waals surface area contributed by atoms with Crippen molar-refractivity contribution < 1.29 is 9.53 Å². The van der Waals surface area contributed by atoms with Crippen LogP contribution in [-0.2, 0) is 0 Å². The predicted molar refractivity (Wildman–Crippen MR) is 109 cm³/mol. The van der Waals surface area contributed by atoms with Crippen LogP contribution in [0.5, 0.6) is 5.75 Å². The lowest BCUT2D eigenvalue weighted by Crippen LogP contribution is -2.40. The molecule has 3 atom stereocenters. The Labute approximate surface area is 170 Å². The number of nitrogens with zero attached hydrogens (tertiary/aromatic N) is 2. The Balaban J connectivity index is 1.49. The maximum Gasteiger partial charge on any atom is 0.254 e.